The van der Waals surface area contributed by atoms with Gasteiger partial charge in [0.05, 0.1) is 5.69 Å². The van der Waals surface area contributed by atoms with Gasteiger partial charge in [-0.3, -0.25) is 0 Å². The monoisotopic (exact) mass is 228 g/mol. The first-order chi connectivity index (χ1) is 6.94. The van der Waals surface area contributed by atoms with Crippen molar-refractivity contribution in [1.29, 1.82) is 0 Å². The molecule has 0 fully saturated rings. The molecule has 1 aromatic heterocycles. The second-order valence-corrected chi connectivity index (χ2v) is 5.96. The Hall–Kier alpha value is -0.450. The van der Waals surface area contributed by atoms with E-state index in [1.807, 2.05) is 20.8 Å². The van der Waals surface area contributed by atoms with E-state index >= 15 is 0 Å². The minimum atomic E-state index is -0.0542. The number of aromatic nitrogens is 1. The summed E-state index contributed by atoms with van der Waals surface area (Å²) in [4.78, 5) is 5.73. The highest BCUT2D eigenvalue weighted by molar-refractivity contribution is 7.11. The van der Waals surface area contributed by atoms with Crippen molar-refractivity contribution in [2.75, 3.05) is 13.2 Å². The lowest BCUT2D eigenvalue weighted by Gasteiger charge is -2.21. The number of nitrogens with one attached hydrogen (secondary N) is 1. The number of nitrogens with zero attached hydrogens (tertiary/aromatic N) is 1. The van der Waals surface area contributed by atoms with Gasteiger partial charge in [-0.05, 0) is 13.8 Å². The minimum absolute atomic E-state index is 0.0542. The molecular weight excluding hydrogens is 208 g/mol. The van der Waals surface area contributed by atoms with Crippen LogP contribution in [0, 0.1) is 19.3 Å². The zero-order chi connectivity index (χ0) is 11.5. The molecule has 2 N–H and O–H groups in total. The summed E-state index contributed by atoms with van der Waals surface area (Å²) in [6, 6.07) is 0. The molecule has 0 aliphatic heterocycles. The minimum Gasteiger partial charge on any atom is -0.396 e. The molecule has 3 nitrogen and oxygen atoms in total. The first-order valence-electron chi connectivity index (χ1n) is 5.19. The highest BCUT2D eigenvalue weighted by Crippen LogP contribution is 2.17. The summed E-state index contributed by atoms with van der Waals surface area (Å²) in [5.74, 6) is 0. The Bertz CT molecular complexity index is 301. The lowest BCUT2D eigenvalue weighted by molar-refractivity contribution is 0.156. The molecule has 0 amide bonds. The number of rotatable bonds is 5. The van der Waals surface area contributed by atoms with Crippen LogP contribution in [0.1, 0.15) is 29.4 Å². The normalized spacial score (nSPS) is 12.1. The Morgan fingerprint density at radius 2 is 2.07 bits per heavy atom. The molecule has 0 atom stereocenters. The van der Waals surface area contributed by atoms with Crippen molar-refractivity contribution in [1.82, 2.24) is 10.3 Å². The molecule has 0 aliphatic carbocycles. The van der Waals surface area contributed by atoms with E-state index in [0.717, 1.165) is 23.8 Å². The standard InChI is InChI=1S/C11H20N2OS/c1-8-9(2)15-10(13-8)5-12-6-11(3,4)7-14/h12,14H,5-7H2,1-4H3. The lowest BCUT2D eigenvalue weighted by Crippen LogP contribution is -2.31. The van der Waals surface area contributed by atoms with Crippen LogP contribution in [-0.2, 0) is 6.54 Å². The molecular formula is C11H20N2OS. The van der Waals surface area contributed by atoms with Crippen molar-refractivity contribution in [3.8, 4) is 0 Å². The Labute approximate surface area is 95.6 Å². The Balaban J connectivity index is 2.38. The van der Waals surface area contributed by atoms with E-state index in [0.29, 0.717) is 0 Å². The van der Waals surface area contributed by atoms with Gasteiger partial charge in [0.25, 0.3) is 0 Å². The van der Waals surface area contributed by atoms with Gasteiger partial charge in [-0.2, -0.15) is 0 Å². The third-order valence-electron chi connectivity index (χ3n) is 2.38. The zero-order valence-corrected chi connectivity index (χ0v) is 10.7. The summed E-state index contributed by atoms with van der Waals surface area (Å²) in [5.41, 5.74) is 1.07. The van der Waals surface area contributed by atoms with E-state index in [1.54, 1.807) is 11.3 Å². The smallest absolute Gasteiger partial charge is 0.107 e. The molecule has 1 rings (SSSR count). The Morgan fingerprint density at radius 3 is 2.53 bits per heavy atom. The second-order valence-electron chi connectivity index (χ2n) is 4.68. The van der Waals surface area contributed by atoms with Crippen LogP contribution < -0.4 is 5.32 Å². The predicted molar refractivity (Wildman–Crippen MR) is 64.2 cm³/mol. The second kappa shape index (κ2) is 5.05. The molecule has 86 valence electrons. The van der Waals surface area contributed by atoms with Gasteiger partial charge in [0.15, 0.2) is 0 Å². The summed E-state index contributed by atoms with van der Waals surface area (Å²) >= 11 is 1.74. The van der Waals surface area contributed by atoms with E-state index in [2.05, 4.69) is 17.2 Å². The van der Waals surface area contributed by atoms with Crippen molar-refractivity contribution in [3.05, 3.63) is 15.6 Å². The van der Waals surface area contributed by atoms with Gasteiger partial charge in [-0.25, -0.2) is 4.98 Å². The molecule has 1 heterocycles. The van der Waals surface area contributed by atoms with Gasteiger partial charge in [0.1, 0.15) is 5.01 Å². The summed E-state index contributed by atoms with van der Waals surface area (Å²) in [7, 11) is 0. The lowest BCUT2D eigenvalue weighted by atomic mass is 9.95. The number of hydrogen-bond donors (Lipinski definition) is 2. The summed E-state index contributed by atoms with van der Waals surface area (Å²) in [5, 5.41) is 13.5. The van der Waals surface area contributed by atoms with Crippen LogP contribution in [0.4, 0.5) is 0 Å². The topological polar surface area (TPSA) is 45.2 Å². The van der Waals surface area contributed by atoms with E-state index < -0.39 is 0 Å². The summed E-state index contributed by atoms with van der Waals surface area (Å²) < 4.78 is 0. The molecule has 0 aliphatic rings. The van der Waals surface area contributed by atoms with E-state index in [4.69, 9.17) is 5.11 Å². The van der Waals surface area contributed by atoms with Gasteiger partial charge in [0, 0.05) is 30.0 Å². The van der Waals surface area contributed by atoms with Crippen molar-refractivity contribution >= 4 is 11.3 Å². The van der Waals surface area contributed by atoms with Crippen LogP contribution in [0.2, 0.25) is 0 Å². The third-order valence-corrected chi connectivity index (χ3v) is 3.45. The fraction of sp³-hybridized carbons (Fsp3) is 0.727. The molecule has 4 heteroatoms. The molecule has 0 bridgehead atoms. The Morgan fingerprint density at radius 1 is 1.40 bits per heavy atom. The number of hydrogen-bond acceptors (Lipinski definition) is 4. The van der Waals surface area contributed by atoms with E-state index in [1.165, 1.54) is 4.88 Å². The van der Waals surface area contributed by atoms with Crippen molar-refractivity contribution < 1.29 is 5.11 Å². The number of thiazole rings is 1. The predicted octanol–water partition coefficient (Wildman–Crippen LogP) is 1.87. The maximum atomic E-state index is 9.09. The molecule has 0 saturated carbocycles. The fourth-order valence-corrected chi connectivity index (χ4v) is 2.08. The molecule has 1 aromatic rings. The molecule has 0 unspecified atom stereocenters. The van der Waals surface area contributed by atoms with E-state index in [-0.39, 0.29) is 12.0 Å². The summed E-state index contributed by atoms with van der Waals surface area (Å²) in [6.07, 6.45) is 0. The van der Waals surface area contributed by atoms with Crippen LogP contribution in [-0.4, -0.2) is 23.2 Å². The fourth-order valence-electron chi connectivity index (χ4n) is 1.18. The van der Waals surface area contributed by atoms with Crippen LogP contribution in [0.5, 0.6) is 0 Å². The van der Waals surface area contributed by atoms with Gasteiger partial charge in [-0.1, -0.05) is 13.8 Å². The van der Waals surface area contributed by atoms with Crippen LogP contribution in [0.15, 0.2) is 0 Å². The number of aryl methyl sites for hydroxylation is 2. The van der Waals surface area contributed by atoms with E-state index in [9.17, 15) is 0 Å². The van der Waals surface area contributed by atoms with Crippen LogP contribution >= 0.6 is 11.3 Å². The number of aliphatic hydroxyl groups excluding tert-OH is 1. The maximum Gasteiger partial charge on any atom is 0.107 e. The van der Waals surface area contributed by atoms with Gasteiger partial charge < -0.3 is 10.4 Å². The first-order valence-corrected chi connectivity index (χ1v) is 6.01. The first kappa shape index (κ1) is 12.6. The molecule has 0 aromatic carbocycles. The SMILES string of the molecule is Cc1nc(CNCC(C)(C)CO)sc1C. The van der Waals surface area contributed by atoms with Gasteiger partial charge in [0.2, 0.25) is 0 Å². The third kappa shape index (κ3) is 3.89. The van der Waals surface area contributed by atoms with Gasteiger partial charge in [-0.15, -0.1) is 11.3 Å². The highest BCUT2D eigenvalue weighted by atomic mass is 32.1. The number of aliphatic hydroxyl groups is 1. The molecule has 0 spiro atoms. The summed E-state index contributed by atoms with van der Waals surface area (Å²) in [6.45, 7) is 10.0. The average molecular weight is 228 g/mol. The Kier molecular flexibility index (Phi) is 4.25. The largest absolute Gasteiger partial charge is 0.396 e. The van der Waals surface area contributed by atoms with Crippen LogP contribution in [0.25, 0.3) is 0 Å². The van der Waals surface area contributed by atoms with Crippen molar-refractivity contribution in [3.63, 3.8) is 0 Å². The molecule has 0 radical (unpaired) electrons. The van der Waals surface area contributed by atoms with Gasteiger partial charge >= 0.3 is 0 Å². The highest BCUT2D eigenvalue weighted by Gasteiger charge is 2.15. The van der Waals surface area contributed by atoms with Crippen molar-refractivity contribution in [2.45, 2.75) is 34.2 Å². The van der Waals surface area contributed by atoms with Crippen molar-refractivity contribution in [2.24, 2.45) is 5.41 Å². The van der Waals surface area contributed by atoms with Crippen LogP contribution in [0.3, 0.4) is 0 Å². The average Bonchev–Trinajstić information content (AvgIpc) is 2.46. The molecule has 0 saturated heterocycles. The quantitative estimate of drug-likeness (QED) is 0.808. The molecule has 15 heavy (non-hydrogen) atoms. The maximum absolute atomic E-state index is 9.09. The zero-order valence-electron chi connectivity index (χ0n) is 9.92.